The number of benzene rings is 1. The molecule has 0 radical (unpaired) electrons. The van der Waals surface area contributed by atoms with E-state index in [0.29, 0.717) is 0 Å². The van der Waals surface area contributed by atoms with Crippen molar-refractivity contribution in [2.45, 2.75) is 30.7 Å². The average molecular weight is 261 g/mol. The Balaban J connectivity index is 2.30. The van der Waals surface area contributed by atoms with Gasteiger partial charge in [-0.25, -0.2) is 21.9 Å². The molecule has 1 unspecified atom stereocenters. The van der Waals surface area contributed by atoms with Crippen molar-refractivity contribution in [3.63, 3.8) is 0 Å². The maximum atomic E-state index is 13.4. The second-order valence-corrected chi connectivity index (χ2v) is 5.95. The van der Waals surface area contributed by atoms with Crippen molar-refractivity contribution >= 4 is 10.0 Å². The SMILES string of the molecule is CC(NS(=O)(=O)c1c(F)cccc1F)C1CC1. The fourth-order valence-electron chi connectivity index (χ4n) is 1.74. The summed E-state index contributed by atoms with van der Waals surface area (Å²) in [6, 6.07) is 2.70. The van der Waals surface area contributed by atoms with Crippen molar-refractivity contribution in [2.24, 2.45) is 5.92 Å². The molecule has 1 aromatic rings. The van der Waals surface area contributed by atoms with Crippen molar-refractivity contribution in [3.05, 3.63) is 29.8 Å². The van der Waals surface area contributed by atoms with Gasteiger partial charge in [0.1, 0.15) is 11.6 Å². The zero-order chi connectivity index (χ0) is 12.6. The van der Waals surface area contributed by atoms with Gasteiger partial charge in [-0.1, -0.05) is 6.07 Å². The van der Waals surface area contributed by atoms with Crippen LogP contribution < -0.4 is 4.72 Å². The van der Waals surface area contributed by atoms with Gasteiger partial charge in [-0.3, -0.25) is 0 Å². The highest BCUT2D eigenvalue weighted by Crippen LogP contribution is 2.33. The van der Waals surface area contributed by atoms with Crippen LogP contribution in [0.1, 0.15) is 19.8 Å². The van der Waals surface area contributed by atoms with E-state index in [2.05, 4.69) is 4.72 Å². The molecule has 17 heavy (non-hydrogen) atoms. The predicted octanol–water partition coefficient (Wildman–Crippen LogP) is 2.04. The molecule has 0 heterocycles. The first-order valence-corrected chi connectivity index (χ1v) is 6.86. The van der Waals surface area contributed by atoms with E-state index in [1.54, 1.807) is 6.92 Å². The summed E-state index contributed by atoms with van der Waals surface area (Å²) in [5, 5.41) is 0. The first kappa shape index (κ1) is 12.4. The Morgan fingerprint density at radius 3 is 2.29 bits per heavy atom. The van der Waals surface area contributed by atoms with Crippen LogP contribution >= 0.6 is 0 Å². The van der Waals surface area contributed by atoms with Crippen LogP contribution in [0.25, 0.3) is 0 Å². The molecule has 0 spiro atoms. The van der Waals surface area contributed by atoms with Crippen molar-refractivity contribution in [1.82, 2.24) is 4.72 Å². The van der Waals surface area contributed by atoms with Crippen LogP contribution in [0, 0.1) is 17.6 Å². The molecular weight excluding hydrogens is 248 g/mol. The molecule has 2 rings (SSSR count). The topological polar surface area (TPSA) is 46.2 Å². The molecule has 0 amide bonds. The van der Waals surface area contributed by atoms with Gasteiger partial charge in [0, 0.05) is 6.04 Å². The normalized spacial score (nSPS) is 18.1. The maximum absolute atomic E-state index is 13.4. The fourth-order valence-corrected chi connectivity index (χ4v) is 3.18. The second kappa shape index (κ2) is 4.34. The molecular formula is C11H13F2NO2S. The number of hydrogen-bond acceptors (Lipinski definition) is 2. The first-order valence-electron chi connectivity index (χ1n) is 5.38. The molecule has 1 N–H and O–H groups in total. The Morgan fingerprint density at radius 2 is 1.82 bits per heavy atom. The van der Waals surface area contributed by atoms with E-state index in [9.17, 15) is 17.2 Å². The zero-order valence-corrected chi connectivity index (χ0v) is 10.1. The third kappa shape index (κ3) is 2.63. The highest BCUT2D eigenvalue weighted by atomic mass is 32.2. The van der Waals surface area contributed by atoms with E-state index in [0.717, 1.165) is 31.0 Å². The molecule has 6 heteroatoms. The lowest BCUT2D eigenvalue weighted by Gasteiger charge is -2.14. The summed E-state index contributed by atoms with van der Waals surface area (Å²) in [7, 11) is -4.13. The van der Waals surface area contributed by atoms with E-state index >= 15 is 0 Å². The summed E-state index contributed by atoms with van der Waals surface area (Å²) in [6.45, 7) is 1.70. The number of nitrogens with one attached hydrogen (secondary N) is 1. The lowest BCUT2D eigenvalue weighted by Crippen LogP contribution is -2.35. The van der Waals surface area contributed by atoms with Gasteiger partial charge in [-0.2, -0.15) is 0 Å². The highest BCUT2D eigenvalue weighted by molar-refractivity contribution is 7.89. The molecule has 1 aromatic carbocycles. The van der Waals surface area contributed by atoms with Crippen LogP contribution in [0.2, 0.25) is 0 Å². The third-order valence-electron chi connectivity index (χ3n) is 2.86. The van der Waals surface area contributed by atoms with Gasteiger partial charge in [-0.15, -0.1) is 0 Å². The molecule has 0 saturated heterocycles. The molecule has 0 bridgehead atoms. The van der Waals surface area contributed by atoms with Crippen molar-refractivity contribution in [2.75, 3.05) is 0 Å². The monoisotopic (exact) mass is 261 g/mol. The summed E-state index contributed by atoms with van der Waals surface area (Å²) in [6.07, 6.45) is 1.90. The summed E-state index contributed by atoms with van der Waals surface area (Å²) < 4.78 is 52.7. The fraction of sp³-hybridized carbons (Fsp3) is 0.455. The van der Waals surface area contributed by atoms with Crippen LogP contribution in [-0.2, 0) is 10.0 Å². The van der Waals surface area contributed by atoms with Crippen molar-refractivity contribution in [1.29, 1.82) is 0 Å². The van der Waals surface area contributed by atoms with Gasteiger partial charge < -0.3 is 0 Å². The van der Waals surface area contributed by atoms with E-state index in [-0.39, 0.29) is 12.0 Å². The molecule has 94 valence electrons. The predicted molar refractivity (Wildman–Crippen MR) is 58.9 cm³/mol. The second-order valence-electron chi connectivity index (χ2n) is 4.30. The van der Waals surface area contributed by atoms with Crippen LogP contribution in [0.3, 0.4) is 0 Å². The summed E-state index contributed by atoms with van der Waals surface area (Å²) >= 11 is 0. The maximum Gasteiger partial charge on any atom is 0.246 e. The summed E-state index contributed by atoms with van der Waals surface area (Å²) in [5.41, 5.74) is 0. The number of rotatable bonds is 4. The quantitative estimate of drug-likeness (QED) is 0.901. The van der Waals surface area contributed by atoms with Crippen LogP contribution in [0.4, 0.5) is 8.78 Å². The van der Waals surface area contributed by atoms with Gasteiger partial charge in [0.2, 0.25) is 10.0 Å². The highest BCUT2D eigenvalue weighted by Gasteiger charge is 2.33. The largest absolute Gasteiger partial charge is 0.246 e. The smallest absolute Gasteiger partial charge is 0.208 e. The Kier molecular flexibility index (Phi) is 3.18. The first-order chi connectivity index (χ1) is 7.92. The lowest BCUT2D eigenvalue weighted by molar-refractivity contribution is 0.500. The van der Waals surface area contributed by atoms with Crippen molar-refractivity contribution in [3.8, 4) is 0 Å². The number of halogens is 2. The van der Waals surface area contributed by atoms with Crippen LogP contribution in [0.15, 0.2) is 23.1 Å². The van der Waals surface area contributed by atoms with E-state index < -0.39 is 26.6 Å². The molecule has 3 nitrogen and oxygen atoms in total. The Labute approximate surface area is 98.9 Å². The van der Waals surface area contributed by atoms with Crippen LogP contribution in [0.5, 0.6) is 0 Å². The number of hydrogen-bond donors (Lipinski definition) is 1. The average Bonchev–Trinajstić information content (AvgIpc) is 2.98. The summed E-state index contributed by atoms with van der Waals surface area (Å²) in [5.74, 6) is -1.86. The molecule has 1 fully saturated rings. The van der Waals surface area contributed by atoms with Gasteiger partial charge in [0.15, 0.2) is 4.90 Å². The summed E-state index contributed by atoms with van der Waals surface area (Å²) in [4.78, 5) is -0.896. The molecule has 0 aromatic heterocycles. The standard InChI is InChI=1S/C11H13F2NO2S/c1-7(8-5-6-8)14-17(15,16)11-9(12)3-2-4-10(11)13/h2-4,7-8,14H,5-6H2,1H3. The van der Waals surface area contributed by atoms with Crippen LogP contribution in [-0.4, -0.2) is 14.5 Å². The molecule has 1 aliphatic rings. The minimum atomic E-state index is -4.13. The van der Waals surface area contributed by atoms with Gasteiger partial charge >= 0.3 is 0 Å². The van der Waals surface area contributed by atoms with Gasteiger partial charge in [0.05, 0.1) is 0 Å². The van der Waals surface area contributed by atoms with Gasteiger partial charge in [0.25, 0.3) is 0 Å². The zero-order valence-electron chi connectivity index (χ0n) is 9.28. The minimum absolute atomic E-state index is 0.277. The van der Waals surface area contributed by atoms with Gasteiger partial charge in [-0.05, 0) is 37.8 Å². The third-order valence-corrected chi connectivity index (χ3v) is 4.47. The Bertz CT molecular complexity index is 506. The Hall–Kier alpha value is -1.01. The molecule has 1 saturated carbocycles. The van der Waals surface area contributed by atoms with E-state index in [1.165, 1.54) is 0 Å². The molecule has 0 aliphatic heterocycles. The van der Waals surface area contributed by atoms with Crippen molar-refractivity contribution < 1.29 is 17.2 Å². The molecule has 1 atom stereocenters. The van der Waals surface area contributed by atoms with E-state index in [1.807, 2.05) is 0 Å². The van der Waals surface area contributed by atoms with E-state index in [4.69, 9.17) is 0 Å². The Morgan fingerprint density at radius 1 is 1.29 bits per heavy atom. The number of sulfonamides is 1. The molecule has 1 aliphatic carbocycles. The lowest BCUT2D eigenvalue weighted by atomic mass is 10.2. The minimum Gasteiger partial charge on any atom is -0.208 e.